The molecule has 0 saturated heterocycles. The summed E-state index contributed by atoms with van der Waals surface area (Å²) in [6.07, 6.45) is 1.53. The smallest absolute Gasteiger partial charge is 0.239 e. The molecule has 6 heteroatoms. The molecule has 1 rings (SSSR count). The van der Waals surface area contributed by atoms with E-state index in [1.807, 2.05) is 32.6 Å². The fraction of sp³-hybridized carbons (Fsp3) is 0.615. The molecule has 0 atom stereocenters. The minimum atomic E-state index is 0.00682. The molecule has 0 aliphatic heterocycles. The van der Waals surface area contributed by atoms with E-state index in [0.29, 0.717) is 13.1 Å². The fourth-order valence-electron chi connectivity index (χ4n) is 1.87. The van der Waals surface area contributed by atoms with Gasteiger partial charge in [0.2, 0.25) is 5.91 Å². The van der Waals surface area contributed by atoms with Crippen LogP contribution in [0.3, 0.4) is 0 Å². The SMILES string of the molecule is CCNC(=O)CN(CC)c1ncnc(NCC)c1C. The van der Waals surface area contributed by atoms with Crippen LogP contribution < -0.4 is 15.5 Å². The number of rotatable bonds is 7. The van der Waals surface area contributed by atoms with Crippen LogP contribution in [-0.4, -0.2) is 42.1 Å². The Hall–Kier alpha value is -1.85. The van der Waals surface area contributed by atoms with Gasteiger partial charge in [0.1, 0.15) is 18.0 Å². The van der Waals surface area contributed by atoms with Crippen LogP contribution in [0.1, 0.15) is 26.3 Å². The maximum atomic E-state index is 11.7. The number of anilines is 2. The molecule has 0 saturated carbocycles. The van der Waals surface area contributed by atoms with Gasteiger partial charge >= 0.3 is 0 Å². The van der Waals surface area contributed by atoms with Crippen molar-refractivity contribution in [2.45, 2.75) is 27.7 Å². The molecule has 19 heavy (non-hydrogen) atoms. The lowest BCUT2D eigenvalue weighted by molar-refractivity contribution is -0.119. The molecule has 0 spiro atoms. The summed E-state index contributed by atoms with van der Waals surface area (Å²) >= 11 is 0. The maximum Gasteiger partial charge on any atom is 0.239 e. The summed E-state index contributed by atoms with van der Waals surface area (Å²) in [5.41, 5.74) is 0.968. The van der Waals surface area contributed by atoms with Crippen molar-refractivity contribution in [2.24, 2.45) is 0 Å². The average molecular weight is 265 g/mol. The van der Waals surface area contributed by atoms with E-state index in [4.69, 9.17) is 0 Å². The molecular formula is C13H23N5O. The van der Waals surface area contributed by atoms with Gasteiger partial charge in [-0.1, -0.05) is 0 Å². The molecular weight excluding hydrogens is 242 g/mol. The monoisotopic (exact) mass is 265 g/mol. The highest BCUT2D eigenvalue weighted by molar-refractivity contribution is 5.81. The van der Waals surface area contributed by atoms with Gasteiger partial charge < -0.3 is 15.5 Å². The molecule has 106 valence electrons. The van der Waals surface area contributed by atoms with Crippen LogP contribution in [0.4, 0.5) is 11.6 Å². The molecule has 1 aromatic rings. The van der Waals surface area contributed by atoms with Crippen molar-refractivity contribution in [3.05, 3.63) is 11.9 Å². The number of carbonyl (C=O) groups is 1. The Kier molecular flexibility index (Phi) is 6.05. The van der Waals surface area contributed by atoms with Crippen LogP contribution in [-0.2, 0) is 4.79 Å². The number of likely N-dealkylation sites (N-methyl/N-ethyl adjacent to an activating group) is 2. The Balaban J connectivity index is 2.91. The first-order valence-corrected chi connectivity index (χ1v) is 6.71. The second-order valence-corrected chi connectivity index (χ2v) is 4.17. The average Bonchev–Trinajstić information content (AvgIpc) is 2.39. The standard InChI is InChI=1S/C13H23N5O/c1-5-14-11(19)8-18(7-3)13-10(4)12(15-6-2)16-9-17-13/h9H,5-8H2,1-4H3,(H,14,19)(H,15,16,17). The molecule has 0 aliphatic carbocycles. The fourth-order valence-corrected chi connectivity index (χ4v) is 1.87. The zero-order chi connectivity index (χ0) is 14.3. The topological polar surface area (TPSA) is 70.2 Å². The Morgan fingerprint density at radius 2 is 2.00 bits per heavy atom. The van der Waals surface area contributed by atoms with E-state index in [2.05, 4.69) is 20.6 Å². The van der Waals surface area contributed by atoms with Crippen molar-refractivity contribution in [3.8, 4) is 0 Å². The maximum absolute atomic E-state index is 11.7. The quantitative estimate of drug-likeness (QED) is 0.774. The first kappa shape index (κ1) is 15.2. The van der Waals surface area contributed by atoms with Crippen LogP contribution in [0.25, 0.3) is 0 Å². The summed E-state index contributed by atoms with van der Waals surface area (Å²) < 4.78 is 0. The lowest BCUT2D eigenvalue weighted by Crippen LogP contribution is -2.38. The molecule has 0 radical (unpaired) electrons. The predicted octanol–water partition coefficient (Wildman–Crippen LogP) is 1.18. The lowest BCUT2D eigenvalue weighted by atomic mass is 10.2. The third-order valence-electron chi connectivity index (χ3n) is 2.79. The van der Waals surface area contributed by atoms with Crippen molar-refractivity contribution in [3.63, 3.8) is 0 Å². The molecule has 2 N–H and O–H groups in total. The summed E-state index contributed by atoms with van der Waals surface area (Å²) in [6.45, 7) is 10.4. The number of nitrogens with one attached hydrogen (secondary N) is 2. The van der Waals surface area contributed by atoms with Gasteiger partial charge in [0, 0.05) is 25.2 Å². The van der Waals surface area contributed by atoms with Crippen LogP contribution in [0, 0.1) is 6.92 Å². The molecule has 0 unspecified atom stereocenters. The van der Waals surface area contributed by atoms with Gasteiger partial charge in [-0.05, 0) is 27.7 Å². The number of aromatic nitrogens is 2. The molecule has 0 aliphatic rings. The van der Waals surface area contributed by atoms with E-state index in [0.717, 1.165) is 30.3 Å². The van der Waals surface area contributed by atoms with Gasteiger partial charge in [-0.3, -0.25) is 4.79 Å². The van der Waals surface area contributed by atoms with Gasteiger partial charge in [-0.15, -0.1) is 0 Å². The summed E-state index contributed by atoms with van der Waals surface area (Å²) in [4.78, 5) is 22.2. The highest BCUT2D eigenvalue weighted by Crippen LogP contribution is 2.21. The van der Waals surface area contributed by atoms with E-state index in [1.165, 1.54) is 6.33 Å². The molecule has 1 aromatic heterocycles. The van der Waals surface area contributed by atoms with Crippen molar-refractivity contribution < 1.29 is 4.79 Å². The summed E-state index contributed by atoms with van der Waals surface area (Å²) in [5, 5.41) is 5.99. The van der Waals surface area contributed by atoms with Crippen LogP contribution >= 0.6 is 0 Å². The molecule has 6 nitrogen and oxygen atoms in total. The van der Waals surface area contributed by atoms with E-state index in [1.54, 1.807) is 0 Å². The third-order valence-corrected chi connectivity index (χ3v) is 2.79. The minimum Gasteiger partial charge on any atom is -0.370 e. The molecule has 1 heterocycles. The first-order valence-electron chi connectivity index (χ1n) is 6.71. The minimum absolute atomic E-state index is 0.00682. The van der Waals surface area contributed by atoms with Crippen LogP contribution in [0.2, 0.25) is 0 Å². The van der Waals surface area contributed by atoms with Gasteiger partial charge in [0.25, 0.3) is 0 Å². The molecule has 0 bridgehead atoms. The summed E-state index contributed by atoms with van der Waals surface area (Å²) in [6, 6.07) is 0. The van der Waals surface area contributed by atoms with E-state index in [9.17, 15) is 4.79 Å². The predicted molar refractivity (Wildman–Crippen MR) is 77.5 cm³/mol. The van der Waals surface area contributed by atoms with Crippen LogP contribution in [0.5, 0.6) is 0 Å². The second kappa shape index (κ2) is 7.56. The van der Waals surface area contributed by atoms with E-state index < -0.39 is 0 Å². The zero-order valence-corrected chi connectivity index (χ0v) is 12.2. The largest absolute Gasteiger partial charge is 0.370 e. The number of nitrogens with zero attached hydrogens (tertiary/aromatic N) is 3. The highest BCUT2D eigenvalue weighted by Gasteiger charge is 2.15. The summed E-state index contributed by atoms with van der Waals surface area (Å²) in [5.74, 6) is 1.63. The Morgan fingerprint density at radius 1 is 1.26 bits per heavy atom. The molecule has 0 aromatic carbocycles. The zero-order valence-electron chi connectivity index (χ0n) is 12.2. The molecule has 0 fully saturated rings. The second-order valence-electron chi connectivity index (χ2n) is 4.17. The van der Waals surface area contributed by atoms with Crippen LogP contribution in [0.15, 0.2) is 6.33 Å². The van der Waals surface area contributed by atoms with E-state index >= 15 is 0 Å². The van der Waals surface area contributed by atoms with Crippen molar-refractivity contribution >= 4 is 17.5 Å². The normalized spacial score (nSPS) is 10.1. The lowest BCUT2D eigenvalue weighted by Gasteiger charge is -2.23. The molecule has 1 amide bonds. The van der Waals surface area contributed by atoms with E-state index in [-0.39, 0.29) is 5.91 Å². The van der Waals surface area contributed by atoms with Crippen molar-refractivity contribution in [1.29, 1.82) is 0 Å². The highest BCUT2D eigenvalue weighted by atomic mass is 16.2. The van der Waals surface area contributed by atoms with Crippen molar-refractivity contribution in [2.75, 3.05) is 36.4 Å². The number of amides is 1. The number of hydrogen-bond acceptors (Lipinski definition) is 5. The number of hydrogen-bond donors (Lipinski definition) is 2. The van der Waals surface area contributed by atoms with Gasteiger partial charge in [-0.2, -0.15) is 0 Å². The third kappa shape index (κ3) is 4.08. The van der Waals surface area contributed by atoms with Gasteiger partial charge in [-0.25, -0.2) is 9.97 Å². The first-order chi connectivity index (χ1) is 9.13. The van der Waals surface area contributed by atoms with Gasteiger partial charge in [0.15, 0.2) is 0 Å². The Morgan fingerprint density at radius 3 is 2.58 bits per heavy atom. The summed E-state index contributed by atoms with van der Waals surface area (Å²) in [7, 11) is 0. The van der Waals surface area contributed by atoms with Gasteiger partial charge in [0.05, 0.1) is 6.54 Å². The number of carbonyl (C=O) groups excluding carboxylic acids is 1. The Labute approximate surface area is 114 Å². The Bertz CT molecular complexity index is 421. The van der Waals surface area contributed by atoms with Crippen molar-refractivity contribution in [1.82, 2.24) is 15.3 Å².